The number of phenolic OH excluding ortho intramolecular Hbond substituents is 1. The molecule has 8 heteroatoms. The Morgan fingerprint density at radius 2 is 2.33 bits per heavy atom. The van der Waals surface area contributed by atoms with E-state index in [1.165, 1.54) is 0 Å². The number of hydrogen-bond donors (Lipinski definition) is 1. The van der Waals surface area contributed by atoms with Crippen LogP contribution in [-0.4, -0.2) is 16.6 Å². The molecule has 0 amide bonds. The zero-order valence-corrected chi connectivity index (χ0v) is 9.00. The third kappa shape index (κ3) is 3.37. The molecule has 0 spiro atoms. The molecule has 0 saturated carbocycles. The van der Waals surface area contributed by atoms with E-state index in [-0.39, 0.29) is 18.5 Å². The van der Waals surface area contributed by atoms with Crippen LogP contribution in [0.15, 0.2) is 17.2 Å². The maximum Gasteiger partial charge on any atom is 0.312 e. The lowest BCUT2D eigenvalue weighted by Gasteiger charge is -1.98. The summed E-state index contributed by atoms with van der Waals surface area (Å²) in [5.41, 5.74) is 7.19. The third-order valence-corrected chi connectivity index (χ3v) is 1.88. The molecule has 1 aromatic rings. The van der Waals surface area contributed by atoms with Crippen LogP contribution in [0.1, 0.15) is 12.0 Å². The van der Waals surface area contributed by atoms with Crippen molar-refractivity contribution in [1.82, 2.24) is 0 Å². The monoisotopic (exact) mass is 250 g/mol. The minimum atomic E-state index is -0.852. The fraction of sp³-hybridized carbons (Fsp3) is 0.200. The van der Waals surface area contributed by atoms with Crippen LogP contribution in [-0.2, 0) is 0 Å². The fourth-order valence-electron chi connectivity index (χ4n) is 1.10. The molecular weight excluding hydrogens is 243 g/mol. The lowest BCUT2D eigenvalue weighted by Crippen LogP contribution is -1.92. The molecule has 0 aromatic heterocycles. The fourth-order valence-corrected chi connectivity index (χ4v) is 1.10. The van der Waals surface area contributed by atoms with E-state index in [2.05, 4.69) is 21.9 Å². The van der Waals surface area contributed by atoms with Crippen molar-refractivity contribution in [3.63, 3.8) is 0 Å². The van der Waals surface area contributed by atoms with Gasteiger partial charge in [0.15, 0.2) is 5.75 Å². The molecule has 0 bridgehead atoms. The maximum atomic E-state index is 13.3. The van der Waals surface area contributed by atoms with Gasteiger partial charge in [-0.1, -0.05) is 17.0 Å². The van der Waals surface area contributed by atoms with Crippen molar-refractivity contribution in [3.8, 4) is 17.6 Å². The van der Waals surface area contributed by atoms with Gasteiger partial charge in [-0.15, -0.1) is 0 Å². The zero-order valence-electron chi connectivity index (χ0n) is 9.00. The van der Waals surface area contributed by atoms with Crippen molar-refractivity contribution >= 4 is 5.69 Å². The Morgan fingerprint density at radius 1 is 1.61 bits per heavy atom. The average Bonchev–Trinajstić information content (AvgIpc) is 2.30. The average molecular weight is 250 g/mol. The maximum absolute atomic E-state index is 13.3. The van der Waals surface area contributed by atoms with Crippen LogP contribution in [0, 0.1) is 27.8 Å². The highest BCUT2D eigenvalue weighted by atomic mass is 19.1. The number of nitrogens with zero attached hydrogens (tertiary/aromatic N) is 4. The quantitative estimate of drug-likeness (QED) is 0.169. The van der Waals surface area contributed by atoms with Gasteiger partial charge in [0.05, 0.1) is 10.5 Å². The number of benzene rings is 1. The largest absolute Gasteiger partial charge is 0.502 e. The molecule has 0 unspecified atom stereocenters. The molecule has 0 radical (unpaired) electrons. The Balaban J connectivity index is 2.98. The number of rotatable bonds is 3. The topological polar surface area (TPSA) is 112 Å². The highest BCUT2D eigenvalue weighted by Gasteiger charge is 2.16. The van der Waals surface area contributed by atoms with Crippen LogP contribution < -0.4 is 0 Å². The van der Waals surface area contributed by atoms with E-state index in [4.69, 9.17) is 10.6 Å². The molecule has 0 aliphatic rings. The number of nitro benzene ring substituents is 1. The van der Waals surface area contributed by atoms with E-state index in [9.17, 15) is 14.5 Å². The summed E-state index contributed by atoms with van der Waals surface area (Å²) >= 11 is 0. The number of phenols is 1. The molecule has 0 fully saturated rings. The van der Waals surface area contributed by atoms with Crippen molar-refractivity contribution in [2.45, 2.75) is 6.42 Å². The Hall–Kier alpha value is -2.78. The Labute approximate surface area is 101 Å². The van der Waals surface area contributed by atoms with Gasteiger partial charge in [-0.25, -0.2) is 4.39 Å². The smallest absolute Gasteiger partial charge is 0.312 e. The number of halogens is 1. The summed E-state index contributed by atoms with van der Waals surface area (Å²) in [5.74, 6) is 3.27. The normalized spacial score (nSPS) is 8.94. The van der Waals surface area contributed by atoms with Gasteiger partial charge in [0.1, 0.15) is 5.82 Å². The van der Waals surface area contributed by atoms with Crippen molar-refractivity contribution in [1.29, 1.82) is 0 Å². The molecule has 0 heterocycles. The summed E-state index contributed by atoms with van der Waals surface area (Å²) < 4.78 is 13.3. The predicted molar refractivity (Wildman–Crippen MR) is 60.2 cm³/mol. The molecule has 0 saturated heterocycles. The van der Waals surface area contributed by atoms with E-state index in [1.54, 1.807) is 0 Å². The molecule has 18 heavy (non-hydrogen) atoms. The third-order valence-electron chi connectivity index (χ3n) is 1.88. The lowest BCUT2D eigenvalue weighted by atomic mass is 10.1. The van der Waals surface area contributed by atoms with Gasteiger partial charge >= 0.3 is 5.69 Å². The number of hydrogen-bond acceptors (Lipinski definition) is 4. The van der Waals surface area contributed by atoms with Crippen molar-refractivity contribution in [2.24, 2.45) is 5.11 Å². The lowest BCUT2D eigenvalue weighted by molar-refractivity contribution is -0.385. The van der Waals surface area contributed by atoms with Gasteiger partial charge < -0.3 is 5.11 Å². The summed E-state index contributed by atoms with van der Waals surface area (Å²) in [4.78, 5) is 12.2. The first-order valence-corrected chi connectivity index (χ1v) is 4.73. The molecule has 1 aromatic carbocycles. The summed E-state index contributed by atoms with van der Waals surface area (Å²) in [6.45, 7) is 0.130. The van der Waals surface area contributed by atoms with Crippen LogP contribution in [0.5, 0.6) is 5.75 Å². The highest BCUT2D eigenvalue weighted by molar-refractivity contribution is 5.52. The molecule has 1 N–H and O–H groups in total. The molecule has 0 atom stereocenters. The summed E-state index contributed by atoms with van der Waals surface area (Å²) in [7, 11) is 0. The highest BCUT2D eigenvalue weighted by Crippen LogP contribution is 2.28. The number of azide groups is 1. The van der Waals surface area contributed by atoms with E-state index in [0.29, 0.717) is 6.07 Å². The molecule has 0 aliphatic heterocycles. The minimum absolute atomic E-state index is 0.130. The van der Waals surface area contributed by atoms with Crippen LogP contribution in [0.3, 0.4) is 0 Å². The molecule has 7 nitrogen and oxygen atoms in total. The van der Waals surface area contributed by atoms with Crippen molar-refractivity contribution in [2.75, 3.05) is 6.54 Å². The summed E-state index contributed by atoms with van der Waals surface area (Å²) in [6.07, 6.45) is 0.207. The van der Waals surface area contributed by atoms with Crippen LogP contribution in [0.25, 0.3) is 10.4 Å². The Bertz CT molecular complexity index is 585. The van der Waals surface area contributed by atoms with E-state index in [0.717, 1.165) is 6.07 Å². The van der Waals surface area contributed by atoms with Crippen LogP contribution >= 0.6 is 0 Å². The summed E-state index contributed by atoms with van der Waals surface area (Å²) in [5, 5.41) is 22.9. The second-order valence-electron chi connectivity index (χ2n) is 3.08. The Morgan fingerprint density at radius 3 is 2.94 bits per heavy atom. The Kier molecular flexibility index (Phi) is 4.49. The van der Waals surface area contributed by atoms with Gasteiger partial charge in [0, 0.05) is 30.0 Å². The van der Waals surface area contributed by atoms with Crippen LogP contribution in [0.2, 0.25) is 0 Å². The van der Waals surface area contributed by atoms with Gasteiger partial charge in [0.25, 0.3) is 0 Å². The van der Waals surface area contributed by atoms with Crippen LogP contribution in [0.4, 0.5) is 10.1 Å². The van der Waals surface area contributed by atoms with Gasteiger partial charge in [-0.05, 0) is 5.53 Å². The van der Waals surface area contributed by atoms with E-state index >= 15 is 0 Å². The first-order chi connectivity index (χ1) is 8.56. The second kappa shape index (κ2) is 6.08. The van der Waals surface area contributed by atoms with Crippen molar-refractivity contribution in [3.05, 3.63) is 44.1 Å². The van der Waals surface area contributed by atoms with Crippen molar-refractivity contribution < 1.29 is 14.4 Å². The molecule has 92 valence electrons. The SMILES string of the molecule is [N-]=[N+]=NCCC#Cc1cc([N+](=O)[O-])c(O)cc1F. The number of aromatic hydroxyl groups is 1. The van der Waals surface area contributed by atoms with Gasteiger partial charge in [0.2, 0.25) is 0 Å². The number of nitro groups is 1. The molecule has 1 rings (SSSR count). The standard InChI is InChI=1S/C10H7FN4O3/c11-8-6-10(16)9(15(17)18)5-7(8)3-1-2-4-13-14-12/h5-6,16H,2,4H2. The van der Waals surface area contributed by atoms with E-state index < -0.39 is 22.2 Å². The molecular formula is C10H7FN4O3. The first kappa shape index (κ1) is 13.3. The summed E-state index contributed by atoms with van der Waals surface area (Å²) in [6, 6.07) is 1.49. The van der Waals surface area contributed by atoms with Gasteiger partial charge in [-0.3, -0.25) is 10.1 Å². The van der Waals surface area contributed by atoms with E-state index in [1.807, 2.05) is 0 Å². The molecule has 0 aliphatic carbocycles. The predicted octanol–water partition coefficient (Wildman–Crippen LogP) is 2.49. The zero-order chi connectivity index (χ0) is 13.5. The van der Waals surface area contributed by atoms with Gasteiger partial charge in [-0.2, -0.15) is 0 Å². The second-order valence-corrected chi connectivity index (χ2v) is 3.08. The first-order valence-electron chi connectivity index (χ1n) is 4.73. The minimum Gasteiger partial charge on any atom is -0.502 e.